The quantitative estimate of drug-likeness (QED) is 0.870. The monoisotopic (exact) mass is 291 g/mol. The van der Waals surface area contributed by atoms with Crippen molar-refractivity contribution in [3.05, 3.63) is 59.4 Å². The van der Waals surface area contributed by atoms with Gasteiger partial charge in [-0.15, -0.1) is 0 Å². The molecule has 0 saturated carbocycles. The fraction of sp³-hybridized carbons (Fsp3) is 0.214. The standard InChI is InChI=1S/C14H17N3O2S/c1-11-4-6-12(7-5-11)10-17-20(18,19)14-3-2-8-16-13(14)9-15/h2-8,17H,9-10,15H2,1H3. The van der Waals surface area contributed by atoms with Gasteiger partial charge in [-0.25, -0.2) is 13.1 Å². The fourth-order valence-corrected chi connectivity index (χ4v) is 3.00. The summed E-state index contributed by atoms with van der Waals surface area (Å²) < 4.78 is 27.1. The van der Waals surface area contributed by atoms with Crippen LogP contribution in [0, 0.1) is 6.92 Å². The van der Waals surface area contributed by atoms with Crippen LogP contribution in [0.25, 0.3) is 0 Å². The molecule has 20 heavy (non-hydrogen) atoms. The Morgan fingerprint density at radius 2 is 1.90 bits per heavy atom. The predicted octanol–water partition coefficient (Wildman–Crippen LogP) is 1.33. The van der Waals surface area contributed by atoms with E-state index >= 15 is 0 Å². The van der Waals surface area contributed by atoms with Gasteiger partial charge >= 0.3 is 0 Å². The van der Waals surface area contributed by atoms with Crippen LogP contribution in [-0.4, -0.2) is 13.4 Å². The third-order valence-electron chi connectivity index (χ3n) is 2.92. The number of hydrogen-bond donors (Lipinski definition) is 2. The van der Waals surface area contributed by atoms with Crippen LogP contribution in [0.3, 0.4) is 0 Å². The van der Waals surface area contributed by atoms with Crippen LogP contribution in [0.1, 0.15) is 16.8 Å². The summed E-state index contributed by atoms with van der Waals surface area (Å²) in [6, 6.07) is 10.8. The number of rotatable bonds is 5. The minimum absolute atomic E-state index is 0.0849. The number of aryl methyl sites for hydroxylation is 1. The number of nitrogens with zero attached hydrogens (tertiary/aromatic N) is 1. The van der Waals surface area contributed by atoms with Crippen LogP contribution < -0.4 is 10.5 Å². The number of benzene rings is 1. The summed E-state index contributed by atoms with van der Waals surface area (Å²) in [5.74, 6) is 0. The normalized spacial score (nSPS) is 11.5. The van der Waals surface area contributed by atoms with Gasteiger partial charge in [-0.05, 0) is 24.6 Å². The molecule has 0 fully saturated rings. The molecule has 1 aromatic heterocycles. The smallest absolute Gasteiger partial charge is 0.242 e. The Morgan fingerprint density at radius 1 is 1.20 bits per heavy atom. The third kappa shape index (κ3) is 3.41. The molecule has 3 N–H and O–H groups in total. The molecule has 0 amide bonds. The molecule has 0 unspecified atom stereocenters. The van der Waals surface area contributed by atoms with Crippen LogP contribution in [-0.2, 0) is 23.1 Å². The summed E-state index contributed by atoms with van der Waals surface area (Å²) in [5.41, 5.74) is 7.92. The van der Waals surface area contributed by atoms with Crippen LogP contribution in [0.2, 0.25) is 0 Å². The molecule has 2 rings (SSSR count). The molecule has 0 aliphatic rings. The van der Waals surface area contributed by atoms with E-state index < -0.39 is 10.0 Å². The van der Waals surface area contributed by atoms with Crippen molar-refractivity contribution < 1.29 is 8.42 Å². The van der Waals surface area contributed by atoms with Crippen LogP contribution >= 0.6 is 0 Å². The van der Waals surface area contributed by atoms with Gasteiger partial charge in [-0.1, -0.05) is 29.8 Å². The minimum Gasteiger partial charge on any atom is -0.325 e. The van der Waals surface area contributed by atoms with Gasteiger partial charge in [0.15, 0.2) is 0 Å². The second kappa shape index (κ2) is 6.13. The van der Waals surface area contributed by atoms with Crippen molar-refractivity contribution in [2.24, 2.45) is 5.73 Å². The Morgan fingerprint density at radius 3 is 2.55 bits per heavy atom. The number of aromatic nitrogens is 1. The van der Waals surface area contributed by atoms with Gasteiger partial charge in [-0.3, -0.25) is 4.98 Å². The molecule has 0 radical (unpaired) electrons. The van der Waals surface area contributed by atoms with Gasteiger partial charge in [0.2, 0.25) is 10.0 Å². The molecule has 6 heteroatoms. The van der Waals surface area contributed by atoms with Crippen molar-refractivity contribution in [2.75, 3.05) is 0 Å². The van der Waals surface area contributed by atoms with Crippen molar-refractivity contribution in [3.63, 3.8) is 0 Å². The first-order valence-corrected chi connectivity index (χ1v) is 7.70. The van der Waals surface area contributed by atoms with Crippen molar-refractivity contribution in [3.8, 4) is 0 Å². The van der Waals surface area contributed by atoms with Gasteiger partial charge in [0.05, 0.1) is 5.69 Å². The first-order chi connectivity index (χ1) is 9.53. The molecule has 0 atom stereocenters. The van der Waals surface area contributed by atoms with Crippen LogP contribution in [0.4, 0.5) is 0 Å². The number of nitrogens with one attached hydrogen (secondary N) is 1. The van der Waals surface area contributed by atoms with Gasteiger partial charge in [0.1, 0.15) is 4.90 Å². The Bertz CT molecular complexity index is 682. The van der Waals surface area contributed by atoms with Gasteiger partial charge in [0, 0.05) is 19.3 Å². The molecule has 106 valence electrons. The van der Waals surface area contributed by atoms with E-state index in [1.807, 2.05) is 31.2 Å². The number of sulfonamides is 1. The van der Waals surface area contributed by atoms with Crippen molar-refractivity contribution in [2.45, 2.75) is 24.9 Å². The predicted molar refractivity (Wildman–Crippen MR) is 77.3 cm³/mol. The minimum atomic E-state index is -3.60. The van der Waals surface area contributed by atoms with E-state index in [2.05, 4.69) is 9.71 Å². The maximum absolute atomic E-state index is 12.2. The zero-order valence-electron chi connectivity index (χ0n) is 11.2. The molecule has 2 aromatic rings. The summed E-state index contributed by atoms with van der Waals surface area (Å²) in [5, 5.41) is 0. The number of nitrogens with two attached hydrogens (primary N) is 1. The molecular weight excluding hydrogens is 274 g/mol. The maximum atomic E-state index is 12.2. The highest BCUT2D eigenvalue weighted by Gasteiger charge is 2.17. The lowest BCUT2D eigenvalue weighted by molar-refractivity contribution is 0.579. The SMILES string of the molecule is Cc1ccc(CNS(=O)(=O)c2cccnc2CN)cc1. The lowest BCUT2D eigenvalue weighted by Gasteiger charge is -2.09. The van der Waals surface area contributed by atoms with E-state index in [-0.39, 0.29) is 18.0 Å². The van der Waals surface area contributed by atoms with E-state index in [1.54, 1.807) is 6.07 Å². The average Bonchev–Trinajstić information content (AvgIpc) is 2.46. The van der Waals surface area contributed by atoms with E-state index in [9.17, 15) is 8.42 Å². The summed E-state index contributed by atoms with van der Waals surface area (Å²) in [6.45, 7) is 2.31. The highest BCUT2D eigenvalue weighted by Crippen LogP contribution is 2.13. The molecule has 0 saturated heterocycles. The molecule has 0 spiro atoms. The Balaban J connectivity index is 2.17. The average molecular weight is 291 g/mol. The topological polar surface area (TPSA) is 85.1 Å². The molecule has 5 nitrogen and oxygen atoms in total. The molecule has 1 aromatic carbocycles. The molecule has 0 aliphatic heterocycles. The van der Waals surface area contributed by atoms with Crippen LogP contribution in [0.15, 0.2) is 47.5 Å². The number of hydrogen-bond acceptors (Lipinski definition) is 4. The summed E-state index contributed by atoms with van der Waals surface area (Å²) in [7, 11) is -3.60. The summed E-state index contributed by atoms with van der Waals surface area (Å²) in [6.07, 6.45) is 1.53. The van der Waals surface area contributed by atoms with Crippen molar-refractivity contribution in [1.82, 2.24) is 9.71 Å². The van der Waals surface area contributed by atoms with Crippen LogP contribution in [0.5, 0.6) is 0 Å². The summed E-state index contributed by atoms with van der Waals surface area (Å²) in [4.78, 5) is 4.12. The van der Waals surface area contributed by atoms with Crippen molar-refractivity contribution >= 4 is 10.0 Å². The second-order valence-corrected chi connectivity index (χ2v) is 6.20. The largest absolute Gasteiger partial charge is 0.325 e. The maximum Gasteiger partial charge on any atom is 0.242 e. The Labute approximate surface area is 118 Å². The third-order valence-corrected chi connectivity index (χ3v) is 4.39. The fourth-order valence-electron chi connectivity index (χ4n) is 1.78. The van der Waals surface area contributed by atoms with E-state index in [0.717, 1.165) is 11.1 Å². The second-order valence-electron chi connectivity index (χ2n) is 4.46. The van der Waals surface area contributed by atoms with E-state index in [4.69, 9.17) is 5.73 Å². The lowest BCUT2D eigenvalue weighted by Crippen LogP contribution is -2.25. The lowest BCUT2D eigenvalue weighted by atomic mass is 10.2. The van der Waals surface area contributed by atoms with Gasteiger partial charge in [-0.2, -0.15) is 0 Å². The molecule has 0 bridgehead atoms. The highest BCUT2D eigenvalue weighted by molar-refractivity contribution is 7.89. The first-order valence-electron chi connectivity index (χ1n) is 6.22. The van der Waals surface area contributed by atoms with Gasteiger partial charge < -0.3 is 5.73 Å². The molecule has 1 heterocycles. The zero-order chi connectivity index (χ0) is 14.6. The highest BCUT2D eigenvalue weighted by atomic mass is 32.2. The van der Waals surface area contributed by atoms with Crippen molar-refractivity contribution in [1.29, 1.82) is 0 Å². The van der Waals surface area contributed by atoms with E-state index in [0.29, 0.717) is 5.69 Å². The first kappa shape index (κ1) is 14.6. The summed E-state index contributed by atoms with van der Waals surface area (Å²) >= 11 is 0. The number of pyridine rings is 1. The van der Waals surface area contributed by atoms with E-state index in [1.165, 1.54) is 12.3 Å². The van der Waals surface area contributed by atoms with Gasteiger partial charge in [0.25, 0.3) is 0 Å². The zero-order valence-corrected chi connectivity index (χ0v) is 12.0. The molecular formula is C14H17N3O2S. The Kier molecular flexibility index (Phi) is 4.49. The Hall–Kier alpha value is -1.76. The molecule has 0 aliphatic carbocycles.